The van der Waals surface area contributed by atoms with Crippen molar-refractivity contribution >= 4 is 17.6 Å². The molecule has 1 fully saturated rings. The Morgan fingerprint density at radius 2 is 1.67 bits per heavy atom. The number of Topliss-reactive ketones (excluding diaryl/α,β-unsaturated/α-hetero) is 1. The molecular weight excluding hydrogens is 456 g/mol. The van der Waals surface area contributed by atoms with Crippen molar-refractivity contribution in [3.63, 3.8) is 0 Å². The number of carbonyl (C=O) groups is 3. The van der Waals surface area contributed by atoms with Crippen molar-refractivity contribution < 1.29 is 14.4 Å². The van der Waals surface area contributed by atoms with E-state index >= 15 is 0 Å². The quantitative estimate of drug-likeness (QED) is 0.356. The molecular formula is C27H24N6O3. The molecule has 3 aromatic heterocycles. The third-order valence-corrected chi connectivity index (χ3v) is 5.81. The lowest BCUT2D eigenvalue weighted by Crippen LogP contribution is -2.49. The Hall–Kier alpha value is -4.66. The lowest BCUT2D eigenvalue weighted by atomic mass is 10.0. The summed E-state index contributed by atoms with van der Waals surface area (Å²) < 4.78 is 1.49. The van der Waals surface area contributed by atoms with E-state index in [0.29, 0.717) is 17.2 Å². The zero-order valence-corrected chi connectivity index (χ0v) is 19.4. The number of pyridine rings is 2. The minimum atomic E-state index is -1.03. The number of aromatic nitrogens is 4. The molecule has 0 saturated heterocycles. The van der Waals surface area contributed by atoms with Gasteiger partial charge in [0, 0.05) is 31.1 Å². The molecule has 1 aliphatic rings. The van der Waals surface area contributed by atoms with Gasteiger partial charge in [-0.05, 0) is 48.7 Å². The van der Waals surface area contributed by atoms with E-state index in [9.17, 15) is 14.4 Å². The number of carbonyl (C=O) groups excluding carboxylic acids is 3. The van der Waals surface area contributed by atoms with Crippen LogP contribution in [0.25, 0.3) is 17.2 Å². The number of benzene rings is 1. The predicted molar refractivity (Wildman–Crippen MR) is 132 cm³/mol. The summed E-state index contributed by atoms with van der Waals surface area (Å²) in [5, 5.41) is 10.0. The van der Waals surface area contributed by atoms with Crippen molar-refractivity contribution in [2.24, 2.45) is 0 Å². The van der Waals surface area contributed by atoms with Gasteiger partial charge in [-0.2, -0.15) is 5.10 Å². The van der Waals surface area contributed by atoms with Gasteiger partial charge in [0.05, 0.1) is 11.3 Å². The van der Waals surface area contributed by atoms with E-state index in [1.807, 2.05) is 48.5 Å². The highest BCUT2D eigenvalue weighted by Gasteiger charge is 2.32. The first-order chi connectivity index (χ1) is 17.6. The second-order valence-electron chi connectivity index (χ2n) is 8.56. The topological polar surface area (TPSA) is 119 Å². The molecule has 1 atom stereocenters. The summed E-state index contributed by atoms with van der Waals surface area (Å²) in [5.41, 5.74) is 2.37. The summed E-state index contributed by atoms with van der Waals surface area (Å²) in [7, 11) is 0. The molecule has 36 heavy (non-hydrogen) atoms. The van der Waals surface area contributed by atoms with Gasteiger partial charge in [-0.3, -0.25) is 19.4 Å². The normalized spacial score (nSPS) is 13.6. The Bertz CT molecular complexity index is 1380. The van der Waals surface area contributed by atoms with E-state index in [4.69, 9.17) is 0 Å². The number of hydrogen-bond donors (Lipinski definition) is 2. The lowest BCUT2D eigenvalue weighted by molar-refractivity contribution is -0.139. The number of hydrogen-bond acceptors (Lipinski definition) is 6. The van der Waals surface area contributed by atoms with Crippen LogP contribution in [0.15, 0.2) is 85.3 Å². The van der Waals surface area contributed by atoms with Crippen molar-refractivity contribution in [3.8, 4) is 17.2 Å². The third-order valence-electron chi connectivity index (χ3n) is 5.81. The van der Waals surface area contributed by atoms with Crippen molar-refractivity contribution in [3.05, 3.63) is 96.4 Å². The molecule has 2 amide bonds. The number of rotatable bonds is 9. The Morgan fingerprint density at radius 3 is 2.42 bits per heavy atom. The monoisotopic (exact) mass is 480 g/mol. The van der Waals surface area contributed by atoms with Gasteiger partial charge in [0.25, 0.3) is 11.8 Å². The first-order valence-corrected chi connectivity index (χ1v) is 11.7. The second kappa shape index (κ2) is 10.3. The molecule has 0 bridgehead atoms. The van der Waals surface area contributed by atoms with Crippen molar-refractivity contribution in [1.82, 2.24) is 30.4 Å². The van der Waals surface area contributed by atoms with Crippen LogP contribution in [-0.2, 0) is 16.0 Å². The average Bonchev–Trinajstić information content (AvgIpc) is 3.60. The first-order valence-electron chi connectivity index (χ1n) is 11.7. The van der Waals surface area contributed by atoms with Crippen LogP contribution in [0.2, 0.25) is 0 Å². The Balaban J connectivity index is 1.40. The first kappa shape index (κ1) is 23.1. The summed E-state index contributed by atoms with van der Waals surface area (Å²) in [6.45, 7) is 0. The van der Waals surface area contributed by atoms with Crippen LogP contribution in [0, 0.1) is 0 Å². The van der Waals surface area contributed by atoms with Crippen molar-refractivity contribution in [1.29, 1.82) is 0 Å². The number of amides is 2. The molecule has 0 aliphatic heterocycles. The standard InChI is InChI=1S/C27H24N6O3/c34-24(27(36)30-19-11-12-19)23(17-18-7-2-1-3-8-18)31-26(35)20-9-6-15-29-25(20)33-16-13-22(32-33)21-10-4-5-14-28-21/h1-10,13-16,19,23H,11-12,17H2,(H,30,36)(H,31,35)/t23-/m0/s1. The molecule has 4 aromatic rings. The molecule has 0 spiro atoms. The van der Waals surface area contributed by atoms with Gasteiger partial charge in [0.15, 0.2) is 5.82 Å². The van der Waals surface area contributed by atoms with Crippen molar-refractivity contribution in [2.45, 2.75) is 31.3 Å². The van der Waals surface area contributed by atoms with Crippen molar-refractivity contribution in [2.75, 3.05) is 0 Å². The third kappa shape index (κ3) is 5.35. The van der Waals surface area contributed by atoms with Gasteiger partial charge in [0.1, 0.15) is 11.7 Å². The summed E-state index contributed by atoms with van der Waals surface area (Å²) in [4.78, 5) is 47.6. The SMILES string of the molecule is O=C(NC1CC1)C(=O)[C@H](Cc1ccccc1)NC(=O)c1cccnc1-n1ccc(-c2ccccn2)n1. The molecule has 2 N–H and O–H groups in total. The lowest BCUT2D eigenvalue weighted by Gasteiger charge is -2.18. The van der Waals surface area contributed by atoms with Crippen LogP contribution in [0.3, 0.4) is 0 Å². The maximum atomic E-state index is 13.4. The van der Waals surface area contributed by atoms with Crippen LogP contribution in [-0.4, -0.2) is 49.4 Å². The summed E-state index contributed by atoms with van der Waals surface area (Å²) >= 11 is 0. The average molecular weight is 481 g/mol. The number of nitrogens with one attached hydrogen (secondary N) is 2. The summed E-state index contributed by atoms with van der Waals surface area (Å²) in [5.74, 6) is -1.59. The van der Waals surface area contributed by atoms with Crippen LogP contribution < -0.4 is 10.6 Å². The maximum Gasteiger partial charge on any atom is 0.289 e. The Kier molecular flexibility index (Phi) is 6.61. The molecule has 0 radical (unpaired) electrons. The van der Waals surface area contributed by atoms with E-state index in [-0.39, 0.29) is 18.0 Å². The van der Waals surface area contributed by atoms with E-state index in [0.717, 1.165) is 18.4 Å². The Morgan fingerprint density at radius 1 is 0.889 bits per heavy atom. The molecule has 1 saturated carbocycles. The van der Waals surface area contributed by atoms with E-state index in [1.165, 1.54) is 4.68 Å². The van der Waals surface area contributed by atoms with Crippen LogP contribution in [0.1, 0.15) is 28.8 Å². The second-order valence-corrected chi connectivity index (χ2v) is 8.56. The minimum absolute atomic E-state index is 0.0348. The van der Waals surface area contributed by atoms with E-state index in [2.05, 4.69) is 25.7 Å². The van der Waals surface area contributed by atoms with Gasteiger partial charge in [-0.1, -0.05) is 36.4 Å². The molecule has 9 heteroatoms. The summed E-state index contributed by atoms with van der Waals surface area (Å²) in [6, 6.07) is 18.8. The number of ketones is 1. The van der Waals surface area contributed by atoms with Gasteiger partial charge in [0.2, 0.25) is 5.78 Å². The zero-order valence-electron chi connectivity index (χ0n) is 19.4. The Labute approximate surface area is 207 Å². The van der Waals surface area contributed by atoms with E-state index < -0.39 is 23.6 Å². The molecule has 1 aromatic carbocycles. The van der Waals surface area contributed by atoms with Crippen LogP contribution in [0.5, 0.6) is 0 Å². The van der Waals surface area contributed by atoms with Gasteiger partial charge < -0.3 is 10.6 Å². The molecule has 1 aliphatic carbocycles. The highest BCUT2D eigenvalue weighted by molar-refractivity contribution is 6.38. The largest absolute Gasteiger partial charge is 0.347 e. The fraction of sp³-hybridized carbons (Fsp3) is 0.185. The zero-order chi connectivity index (χ0) is 24.9. The molecule has 0 unspecified atom stereocenters. The highest BCUT2D eigenvalue weighted by Crippen LogP contribution is 2.19. The van der Waals surface area contributed by atoms with Gasteiger partial charge in [-0.25, -0.2) is 9.67 Å². The number of nitrogens with zero attached hydrogens (tertiary/aromatic N) is 4. The summed E-state index contributed by atoms with van der Waals surface area (Å²) in [6.07, 6.45) is 6.83. The molecule has 5 rings (SSSR count). The highest BCUT2D eigenvalue weighted by atomic mass is 16.2. The van der Waals surface area contributed by atoms with E-state index in [1.54, 1.807) is 36.8 Å². The molecule has 3 heterocycles. The molecule has 9 nitrogen and oxygen atoms in total. The minimum Gasteiger partial charge on any atom is -0.347 e. The smallest absolute Gasteiger partial charge is 0.289 e. The fourth-order valence-corrected chi connectivity index (χ4v) is 3.79. The van der Waals surface area contributed by atoms with Gasteiger partial charge in [-0.15, -0.1) is 0 Å². The van der Waals surface area contributed by atoms with Gasteiger partial charge >= 0.3 is 0 Å². The van der Waals surface area contributed by atoms with Crippen LogP contribution in [0.4, 0.5) is 0 Å². The van der Waals surface area contributed by atoms with Crippen LogP contribution >= 0.6 is 0 Å². The maximum absolute atomic E-state index is 13.4. The molecule has 180 valence electrons. The predicted octanol–water partition coefficient (Wildman–Crippen LogP) is 2.52. The fourth-order valence-electron chi connectivity index (χ4n) is 3.79.